The van der Waals surface area contributed by atoms with Gasteiger partial charge in [0.25, 0.3) is 0 Å². The molecule has 2 rings (SSSR count). The first kappa shape index (κ1) is 21.2. The molecule has 1 aliphatic carbocycles. The molecule has 0 bridgehead atoms. The average molecular weight is 449 g/mol. The summed E-state index contributed by atoms with van der Waals surface area (Å²) >= 11 is 0. The van der Waals surface area contributed by atoms with Gasteiger partial charge in [0.2, 0.25) is 0 Å². The van der Waals surface area contributed by atoms with E-state index in [-0.39, 0.29) is 24.0 Å². The van der Waals surface area contributed by atoms with Gasteiger partial charge in [-0.3, -0.25) is 9.67 Å². The molecule has 2 N–H and O–H groups in total. The monoisotopic (exact) mass is 449 g/mol. The molecular formula is C17H32IN5O. The molecule has 1 aromatic heterocycles. The Balaban J connectivity index is 0.00000288. The summed E-state index contributed by atoms with van der Waals surface area (Å²) in [6.45, 7) is 6.35. The predicted molar refractivity (Wildman–Crippen MR) is 109 cm³/mol. The summed E-state index contributed by atoms with van der Waals surface area (Å²) in [5.41, 5.74) is 0.370. The van der Waals surface area contributed by atoms with Crippen LogP contribution in [0.4, 0.5) is 0 Å². The van der Waals surface area contributed by atoms with Crippen molar-refractivity contribution in [3.63, 3.8) is 0 Å². The minimum atomic E-state index is 0. The lowest BCUT2D eigenvalue weighted by atomic mass is 9.83. The van der Waals surface area contributed by atoms with Crippen LogP contribution in [0.1, 0.15) is 39.0 Å². The highest BCUT2D eigenvalue weighted by atomic mass is 127. The van der Waals surface area contributed by atoms with Crippen molar-refractivity contribution in [3.05, 3.63) is 18.5 Å². The fourth-order valence-electron chi connectivity index (χ4n) is 3.29. The summed E-state index contributed by atoms with van der Waals surface area (Å²) in [7, 11) is 1.82. The number of nitrogens with one attached hydrogen (secondary N) is 2. The zero-order valence-corrected chi connectivity index (χ0v) is 17.3. The number of aromatic nitrogens is 2. The Bertz CT molecular complexity index is 458. The quantitative estimate of drug-likeness (QED) is 0.263. The first-order chi connectivity index (χ1) is 11.3. The van der Waals surface area contributed by atoms with Gasteiger partial charge < -0.3 is 15.4 Å². The molecular weight excluding hydrogens is 417 g/mol. The highest BCUT2D eigenvalue weighted by Gasteiger charge is 2.33. The number of aliphatic imine (C=N–C) groups is 1. The first-order valence-corrected chi connectivity index (χ1v) is 8.78. The third-order valence-electron chi connectivity index (χ3n) is 4.69. The van der Waals surface area contributed by atoms with Crippen molar-refractivity contribution in [2.75, 3.05) is 33.4 Å². The summed E-state index contributed by atoms with van der Waals surface area (Å²) < 4.78 is 7.49. The van der Waals surface area contributed by atoms with Crippen LogP contribution in [0, 0.1) is 5.41 Å². The van der Waals surface area contributed by atoms with Gasteiger partial charge in [-0.25, -0.2) is 0 Å². The molecule has 7 heteroatoms. The van der Waals surface area contributed by atoms with Gasteiger partial charge in [-0.15, -0.1) is 24.0 Å². The van der Waals surface area contributed by atoms with Crippen LogP contribution >= 0.6 is 24.0 Å². The van der Waals surface area contributed by atoms with E-state index in [0.717, 1.165) is 45.2 Å². The second kappa shape index (κ2) is 11.7. The molecule has 0 saturated heterocycles. The number of hydrogen-bond donors (Lipinski definition) is 2. The van der Waals surface area contributed by atoms with Crippen LogP contribution in [0.25, 0.3) is 0 Å². The van der Waals surface area contributed by atoms with Crippen LogP contribution in [0.5, 0.6) is 0 Å². The average Bonchev–Trinajstić information content (AvgIpc) is 3.23. The van der Waals surface area contributed by atoms with Gasteiger partial charge in [0, 0.05) is 45.7 Å². The smallest absolute Gasteiger partial charge is 0.191 e. The molecule has 1 saturated carbocycles. The Hall–Kier alpha value is -0.830. The van der Waals surface area contributed by atoms with E-state index in [4.69, 9.17) is 4.74 Å². The van der Waals surface area contributed by atoms with Gasteiger partial charge in [0.15, 0.2) is 5.96 Å². The topological polar surface area (TPSA) is 63.5 Å². The highest BCUT2D eigenvalue weighted by molar-refractivity contribution is 14.0. The number of halogens is 1. The Morgan fingerprint density at radius 2 is 2.12 bits per heavy atom. The zero-order chi connectivity index (χ0) is 16.4. The van der Waals surface area contributed by atoms with Crippen molar-refractivity contribution in [2.45, 2.75) is 45.6 Å². The molecule has 1 aliphatic rings. The van der Waals surface area contributed by atoms with Gasteiger partial charge in [-0.05, 0) is 37.7 Å². The molecule has 0 amide bonds. The van der Waals surface area contributed by atoms with E-state index in [1.54, 1.807) is 6.20 Å². The molecule has 138 valence electrons. The second-order valence-corrected chi connectivity index (χ2v) is 6.28. The van der Waals surface area contributed by atoms with E-state index < -0.39 is 0 Å². The maximum atomic E-state index is 5.58. The van der Waals surface area contributed by atoms with E-state index in [0.29, 0.717) is 5.41 Å². The third kappa shape index (κ3) is 6.96. The number of nitrogens with zero attached hydrogens (tertiary/aromatic N) is 3. The minimum Gasteiger partial charge on any atom is -0.382 e. The van der Waals surface area contributed by atoms with Crippen LogP contribution in [0.2, 0.25) is 0 Å². The van der Waals surface area contributed by atoms with Crippen LogP contribution in [0.15, 0.2) is 23.5 Å². The maximum Gasteiger partial charge on any atom is 0.191 e. The minimum absolute atomic E-state index is 0. The zero-order valence-electron chi connectivity index (χ0n) is 15.0. The highest BCUT2D eigenvalue weighted by Crippen LogP contribution is 2.40. The fourth-order valence-corrected chi connectivity index (χ4v) is 3.29. The van der Waals surface area contributed by atoms with Crippen molar-refractivity contribution in [2.24, 2.45) is 10.4 Å². The van der Waals surface area contributed by atoms with Crippen molar-refractivity contribution in [1.82, 2.24) is 20.4 Å². The molecule has 0 unspecified atom stereocenters. The number of hydrogen-bond acceptors (Lipinski definition) is 3. The van der Waals surface area contributed by atoms with Gasteiger partial charge in [0.05, 0.1) is 6.54 Å². The van der Waals surface area contributed by atoms with Gasteiger partial charge in [-0.1, -0.05) is 12.8 Å². The van der Waals surface area contributed by atoms with Crippen molar-refractivity contribution >= 4 is 29.9 Å². The molecule has 1 aromatic rings. The number of ether oxygens (including phenoxy) is 1. The van der Waals surface area contributed by atoms with Crippen molar-refractivity contribution in [1.29, 1.82) is 0 Å². The summed E-state index contributed by atoms with van der Waals surface area (Å²) in [6, 6.07) is 1.94. The van der Waals surface area contributed by atoms with Crippen LogP contribution in [-0.2, 0) is 11.3 Å². The van der Waals surface area contributed by atoms with E-state index in [2.05, 4.69) is 27.6 Å². The summed E-state index contributed by atoms with van der Waals surface area (Å²) in [4.78, 5) is 4.33. The second-order valence-electron chi connectivity index (χ2n) is 6.28. The van der Waals surface area contributed by atoms with Crippen molar-refractivity contribution in [3.8, 4) is 0 Å². The van der Waals surface area contributed by atoms with Crippen molar-refractivity contribution < 1.29 is 4.74 Å². The Morgan fingerprint density at radius 1 is 1.33 bits per heavy atom. The summed E-state index contributed by atoms with van der Waals surface area (Å²) in [6.07, 6.45) is 10.2. The van der Waals surface area contributed by atoms with E-state index in [1.165, 1.54) is 25.7 Å². The Kier molecular flexibility index (Phi) is 10.3. The third-order valence-corrected chi connectivity index (χ3v) is 4.69. The molecule has 0 aliphatic heterocycles. The lowest BCUT2D eigenvalue weighted by Gasteiger charge is -2.30. The summed E-state index contributed by atoms with van der Waals surface area (Å²) in [5, 5.41) is 11.1. The predicted octanol–water partition coefficient (Wildman–Crippen LogP) is 2.65. The van der Waals surface area contributed by atoms with Gasteiger partial charge in [0.1, 0.15) is 0 Å². The van der Waals surface area contributed by atoms with Crippen LogP contribution in [-0.4, -0.2) is 49.1 Å². The van der Waals surface area contributed by atoms with Crippen LogP contribution in [0.3, 0.4) is 0 Å². The molecule has 0 spiro atoms. The SMILES string of the molecule is CCOCCC1(CNC(=NC)NCCn2cccn2)CCCC1.I. The molecule has 1 fully saturated rings. The lowest BCUT2D eigenvalue weighted by molar-refractivity contribution is 0.105. The lowest BCUT2D eigenvalue weighted by Crippen LogP contribution is -2.44. The first-order valence-electron chi connectivity index (χ1n) is 8.78. The molecule has 24 heavy (non-hydrogen) atoms. The standard InChI is InChI=1S/C17H31N5O.HI/c1-3-23-14-9-17(7-4-5-8-17)15-20-16(18-2)19-11-13-22-12-6-10-21-22;/h6,10,12H,3-5,7-9,11,13-15H2,1-2H3,(H2,18,19,20);1H. The van der Waals surface area contributed by atoms with E-state index >= 15 is 0 Å². The van der Waals surface area contributed by atoms with E-state index in [1.807, 2.05) is 24.0 Å². The largest absolute Gasteiger partial charge is 0.382 e. The van der Waals surface area contributed by atoms with Gasteiger partial charge in [-0.2, -0.15) is 5.10 Å². The molecule has 6 nitrogen and oxygen atoms in total. The number of guanidine groups is 1. The van der Waals surface area contributed by atoms with Gasteiger partial charge >= 0.3 is 0 Å². The fraction of sp³-hybridized carbons (Fsp3) is 0.765. The molecule has 0 aromatic carbocycles. The number of rotatable bonds is 9. The molecule has 0 radical (unpaired) electrons. The summed E-state index contributed by atoms with van der Waals surface area (Å²) in [5.74, 6) is 0.875. The van der Waals surface area contributed by atoms with E-state index in [9.17, 15) is 0 Å². The normalized spacial score (nSPS) is 16.7. The Morgan fingerprint density at radius 3 is 2.75 bits per heavy atom. The molecule has 0 atom stereocenters. The van der Waals surface area contributed by atoms with Crippen LogP contribution < -0.4 is 10.6 Å². The molecule has 1 heterocycles. The Labute approximate surface area is 162 Å². The maximum absolute atomic E-state index is 5.58.